The number of carbonyl (C=O) groups is 3. The van der Waals surface area contributed by atoms with E-state index in [1.807, 2.05) is 36.4 Å². The Balaban J connectivity index is 1.66. The Labute approximate surface area is 246 Å². The van der Waals surface area contributed by atoms with Crippen LogP contribution in [0.1, 0.15) is 11.1 Å². The molecule has 0 aliphatic heterocycles. The van der Waals surface area contributed by atoms with Gasteiger partial charge in [0, 0.05) is 17.1 Å². The zero-order chi connectivity index (χ0) is 31.0. The summed E-state index contributed by atoms with van der Waals surface area (Å²) in [6, 6.07) is 18.6. The van der Waals surface area contributed by atoms with Gasteiger partial charge < -0.3 is 31.3 Å². The number of likely N-dealkylation sites (N-methyl/N-ethyl adjacent to an activating group) is 1. The molecule has 0 heterocycles. The first-order valence-electron chi connectivity index (χ1n) is 13.7. The number of aliphatic hydroxyl groups is 4. The second-order valence-corrected chi connectivity index (χ2v) is 11.5. The third-order valence-corrected chi connectivity index (χ3v) is 8.97. The van der Waals surface area contributed by atoms with Crippen molar-refractivity contribution in [3.8, 4) is 28.0 Å². The van der Waals surface area contributed by atoms with Gasteiger partial charge in [-0.15, -0.1) is 0 Å². The van der Waals surface area contributed by atoms with E-state index in [1.165, 1.54) is 19.0 Å². The van der Waals surface area contributed by atoms with E-state index in [4.69, 9.17) is 5.73 Å². The molecule has 0 unspecified atom stereocenters. The molecule has 7 N–H and O–H groups in total. The van der Waals surface area contributed by atoms with Gasteiger partial charge in [0.05, 0.1) is 23.6 Å². The first kappa shape index (κ1) is 28.4. The van der Waals surface area contributed by atoms with Crippen molar-refractivity contribution in [3.05, 3.63) is 94.8 Å². The number of benzene rings is 3. The number of amides is 1. The van der Waals surface area contributed by atoms with Crippen LogP contribution in [0.15, 0.2) is 83.6 Å². The zero-order valence-corrected chi connectivity index (χ0v) is 23.4. The van der Waals surface area contributed by atoms with Crippen molar-refractivity contribution in [2.24, 2.45) is 17.6 Å². The molecule has 5 atom stereocenters. The fraction of sp³-hybridized carbons (Fsp3) is 0.242. The molecule has 10 nitrogen and oxygen atoms in total. The molecule has 0 aromatic heterocycles. The average molecular weight is 583 g/mol. The summed E-state index contributed by atoms with van der Waals surface area (Å²) in [5.41, 5.74) is 3.85. The van der Waals surface area contributed by atoms with Crippen LogP contribution in [-0.4, -0.2) is 79.7 Å². The SMILES string of the molecule is CN(C)[C@@H]1C(=O)C(C(N)=O)=C(O)[C@@]2(O)C(=O)C3=C(O)c4c(O)c(-c5ccccc5)cc(-c5ccccc5)c4C[C@H]3[C@H](O)[C@@H]12. The summed E-state index contributed by atoms with van der Waals surface area (Å²) in [6.07, 6.45) is -1.71. The van der Waals surface area contributed by atoms with E-state index >= 15 is 0 Å². The topological polar surface area (TPSA) is 182 Å². The first-order chi connectivity index (χ1) is 20.4. The predicted molar refractivity (Wildman–Crippen MR) is 157 cm³/mol. The molecule has 0 radical (unpaired) electrons. The van der Waals surface area contributed by atoms with Crippen LogP contribution in [0.25, 0.3) is 28.0 Å². The molecule has 0 bridgehead atoms. The summed E-state index contributed by atoms with van der Waals surface area (Å²) in [5, 5.41) is 58.1. The first-order valence-corrected chi connectivity index (χ1v) is 13.7. The van der Waals surface area contributed by atoms with E-state index in [0.29, 0.717) is 22.3 Å². The lowest BCUT2D eigenvalue weighted by Gasteiger charge is -2.52. The molecule has 3 aliphatic carbocycles. The molecule has 1 fully saturated rings. The Kier molecular flexibility index (Phi) is 6.53. The van der Waals surface area contributed by atoms with Crippen molar-refractivity contribution in [3.63, 3.8) is 0 Å². The Hall–Kier alpha value is -4.77. The van der Waals surface area contributed by atoms with Crippen LogP contribution in [0.4, 0.5) is 0 Å². The van der Waals surface area contributed by atoms with Crippen LogP contribution < -0.4 is 5.73 Å². The molecule has 6 rings (SSSR count). The number of phenols is 1. The van der Waals surface area contributed by atoms with Crippen LogP contribution in [0.5, 0.6) is 5.75 Å². The summed E-state index contributed by atoms with van der Waals surface area (Å²) in [6.45, 7) is 0. The maximum absolute atomic E-state index is 14.2. The van der Waals surface area contributed by atoms with Gasteiger partial charge in [-0.05, 0) is 48.8 Å². The number of nitrogens with zero attached hydrogens (tertiary/aromatic N) is 1. The molecule has 43 heavy (non-hydrogen) atoms. The molecule has 220 valence electrons. The third kappa shape index (κ3) is 3.87. The largest absolute Gasteiger partial charge is 0.508 e. The van der Waals surface area contributed by atoms with Crippen molar-refractivity contribution in [2.75, 3.05) is 14.1 Å². The molecule has 3 aromatic rings. The minimum absolute atomic E-state index is 0.0521. The number of ketones is 2. The number of rotatable bonds is 4. The van der Waals surface area contributed by atoms with Gasteiger partial charge in [-0.25, -0.2) is 0 Å². The van der Waals surface area contributed by atoms with Gasteiger partial charge in [0.15, 0.2) is 11.4 Å². The second kappa shape index (κ2) is 9.91. The van der Waals surface area contributed by atoms with Gasteiger partial charge >= 0.3 is 0 Å². The molecule has 10 heteroatoms. The van der Waals surface area contributed by atoms with E-state index in [1.54, 1.807) is 30.3 Å². The van der Waals surface area contributed by atoms with Crippen LogP contribution >= 0.6 is 0 Å². The van der Waals surface area contributed by atoms with Crippen molar-refractivity contribution in [2.45, 2.75) is 24.2 Å². The van der Waals surface area contributed by atoms with Crippen LogP contribution in [0, 0.1) is 11.8 Å². The van der Waals surface area contributed by atoms with E-state index in [0.717, 1.165) is 5.56 Å². The third-order valence-electron chi connectivity index (χ3n) is 8.97. The number of phenolic OH excluding ortho intramolecular Hbond substituents is 1. The lowest BCUT2D eigenvalue weighted by molar-refractivity contribution is -0.168. The van der Waals surface area contributed by atoms with Gasteiger partial charge in [0.25, 0.3) is 5.91 Å². The summed E-state index contributed by atoms with van der Waals surface area (Å²) >= 11 is 0. The zero-order valence-electron chi connectivity index (χ0n) is 23.4. The quantitative estimate of drug-likeness (QED) is 0.251. The molecule has 0 saturated heterocycles. The highest BCUT2D eigenvalue weighted by atomic mass is 16.4. The van der Waals surface area contributed by atoms with E-state index < -0.39 is 69.7 Å². The smallest absolute Gasteiger partial charge is 0.255 e. The van der Waals surface area contributed by atoms with E-state index in [9.17, 15) is 39.9 Å². The Morgan fingerprint density at radius 2 is 1.49 bits per heavy atom. The highest BCUT2D eigenvalue weighted by molar-refractivity contribution is 6.24. The summed E-state index contributed by atoms with van der Waals surface area (Å²) < 4.78 is 0. The Morgan fingerprint density at radius 1 is 0.930 bits per heavy atom. The number of hydrogen-bond donors (Lipinski definition) is 6. The summed E-state index contributed by atoms with van der Waals surface area (Å²) in [7, 11) is 2.94. The van der Waals surface area contributed by atoms with Crippen LogP contribution in [-0.2, 0) is 20.8 Å². The maximum atomic E-state index is 14.2. The van der Waals surface area contributed by atoms with E-state index in [2.05, 4.69) is 0 Å². The number of carbonyl (C=O) groups excluding carboxylic acids is 3. The van der Waals surface area contributed by atoms with Gasteiger partial charge in [-0.3, -0.25) is 19.3 Å². The molecule has 3 aromatic carbocycles. The predicted octanol–water partition coefficient (Wildman–Crippen LogP) is 2.27. The van der Waals surface area contributed by atoms with E-state index in [-0.39, 0.29) is 17.7 Å². The maximum Gasteiger partial charge on any atom is 0.255 e. The standard InChI is InChI=1S/C33H30N2O8/c1-35(2)25-24-27(37)20-14-19-17(15-9-5-3-6-10-15)13-18(16-11-7-4-8-12-16)26(36)21(19)28(38)22(20)30(40)33(24,43)31(41)23(29(25)39)32(34)42/h3-13,20,24-25,27,36-38,41,43H,14H2,1-2H3,(H2,34,42)/t20-,24-,25+,27+,33+/m1/s1. The summed E-state index contributed by atoms with van der Waals surface area (Å²) in [5.74, 6) is -8.50. The van der Waals surface area contributed by atoms with Crippen LogP contribution in [0.3, 0.4) is 0 Å². The second-order valence-electron chi connectivity index (χ2n) is 11.5. The normalized spacial score (nSPS) is 26.7. The van der Waals surface area contributed by atoms with Crippen molar-refractivity contribution < 1.29 is 39.9 Å². The molecular weight excluding hydrogens is 552 g/mol. The van der Waals surface area contributed by atoms with Gasteiger partial charge in [-0.2, -0.15) is 0 Å². The number of aromatic hydroxyl groups is 1. The lowest BCUT2D eigenvalue weighted by atomic mass is 9.56. The molecular formula is C33H30N2O8. The van der Waals surface area contributed by atoms with Gasteiger partial charge in [0.2, 0.25) is 5.78 Å². The number of fused-ring (bicyclic) bond motifs is 3. The minimum atomic E-state index is -2.96. The molecule has 3 aliphatic rings. The fourth-order valence-electron chi connectivity index (χ4n) is 7.04. The molecule has 1 saturated carbocycles. The van der Waals surface area contributed by atoms with Crippen molar-refractivity contribution in [1.82, 2.24) is 4.90 Å². The minimum Gasteiger partial charge on any atom is -0.508 e. The number of hydrogen-bond acceptors (Lipinski definition) is 9. The fourth-order valence-corrected chi connectivity index (χ4v) is 7.04. The van der Waals surface area contributed by atoms with Crippen molar-refractivity contribution >= 4 is 23.2 Å². The lowest BCUT2D eigenvalue weighted by Crippen LogP contribution is -2.70. The number of primary amides is 1. The Bertz CT molecular complexity index is 1760. The van der Waals surface area contributed by atoms with Crippen LogP contribution in [0.2, 0.25) is 0 Å². The monoisotopic (exact) mass is 582 g/mol. The Morgan fingerprint density at radius 3 is 2.02 bits per heavy atom. The highest BCUT2D eigenvalue weighted by Crippen LogP contribution is 2.55. The average Bonchev–Trinajstić information content (AvgIpc) is 2.98. The number of nitrogens with two attached hydrogens (primary N) is 1. The van der Waals surface area contributed by atoms with Gasteiger partial charge in [0.1, 0.15) is 22.8 Å². The summed E-state index contributed by atoms with van der Waals surface area (Å²) in [4.78, 5) is 41.1. The molecule has 0 spiro atoms. The highest BCUT2D eigenvalue weighted by Gasteiger charge is 2.67. The number of Topliss-reactive ketones (excluding diaryl/α,β-unsaturated/α-hetero) is 2. The number of aliphatic hydroxyl groups excluding tert-OH is 3. The molecule has 1 amide bonds. The van der Waals surface area contributed by atoms with Crippen molar-refractivity contribution in [1.29, 1.82) is 0 Å². The van der Waals surface area contributed by atoms with Gasteiger partial charge in [-0.1, -0.05) is 60.7 Å².